The number of anilines is 1. The molecule has 198 valence electrons. The van der Waals surface area contributed by atoms with E-state index in [4.69, 9.17) is 9.72 Å². The van der Waals surface area contributed by atoms with Crippen LogP contribution >= 0.6 is 0 Å². The zero-order valence-electron chi connectivity index (χ0n) is 22.6. The average Bonchev–Trinajstić information content (AvgIpc) is 3.44. The standard InChI is InChI=1S/C30H31N7O2/c1-19-11-20(9-10-32-19)22-12-26(28-23(13-31)15-34-36(28)16-22)21-5-8-27(33-14-21)35-17-24-6-7-25(18-35)37(24)29(38)39-30(2,3)4/h5,8-12,14-16,24-25H,6-7,17-18H2,1-4H3. The Labute approximate surface area is 227 Å². The number of nitriles is 1. The van der Waals surface area contributed by atoms with Crippen molar-refractivity contribution in [3.8, 4) is 28.3 Å². The molecule has 2 aliphatic rings. The number of rotatable bonds is 3. The average molecular weight is 522 g/mol. The van der Waals surface area contributed by atoms with E-state index in [1.165, 1.54) is 0 Å². The first-order valence-corrected chi connectivity index (χ1v) is 13.3. The molecule has 4 aromatic heterocycles. The quantitative estimate of drug-likeness (QED) is 0.364. The number of piperazine rings is 1. The molecule has 0 spiro atoms. The minimum atomic E-state index is -0.509. The Balaban J connectivity index is 1.30. The molecular weight excluding hydrogens is 490 g/mol. The van der Waals surface area contributed by atoms with Crippen LogP contribution in [0.3, 0.4) is 0 Å². The van der Waals surface area contributed by atoms with E-state index in [-0.39, 0.29) is 18.2 Å². The first-order chi connectivity index (χ1) is 18.7. The predicted molar refractivity (Wildman–Crippen MR) is 148 cm³/mol. The van der Waals surface area contributed by atoms with Gasteiger partial charge in [-0.15, -0.1) is 0 Å². The SMILES string of the molecule is Cc1cc(-c2cc(-c3ccc(N4CC5CCC(C4)N5C(=O)OC(C)(C)C)nc3)c3c(C#N)cnn3c2)ccn1. The Bertz CT molecular complexity index is 1580. The van der Waals surface area contributed by atoms with E-state index < -0.39 is 5.60 Å². The smallest absolute Gasteiger partial charge is 0.410 e. The Morgan fingerprint density at radius 3 is 2.44 bits per heavy atom. The third-order valence-corrected chi connectivity index (χ3v) is 7.43. The number of fused-ring (bicyclic) bond motifs is 3. The molecule has 0 N–H and O–H groups in total. The van der Waals surface area contributed by atoms with Crippen LogP contribution in [0.15, 0.2) is 55.1 Å². The molecule has 2 atom stereocenters. The van der Waals surface area contributed by atoms with Gasteiger partial charge in [-0.2, -0.15) is 10.4 Å². The van der Waals surface area contributed by atoms with Crippen molar-refractivity contribution in [1.29, 1.82) is 5.26 Å². The van der Waals surface area contributed by atoms with Crippen molar-refractivity contribution in [1.82, 2.24) is 24.5 Å². The molecule has 6 heterocycles. The van der Waals surface area contributed by atoms with Crippen molar-refractivity contribution in [2.45, 2.75) is 58.2 Å². The number of amides is 1. The maximum Gasteiger partial charge on any atom is 0.410 e. The third-order valence-electron chi connectivity index (χ3n) is 7.43. The number of carbonyl (C=O) groups excluding carboxylic acids is 1. The van der Waals surface area contributed by atoms with Gasteiger partial charge in [-0.05, 0) is 76.4 Å². The summed E-state index contributed by atoms with van der Waals surface area (Å²) in [5, 5.41) is 14.2. The molecule has 39 heavy (non-hydrogen) atoms. The Morgan fingerprint density at radius 1 is 1.03 bits per heavy atom. The van der Waals surface area contributed by atoms with Gasteiger partial charge in [-0.3, -0.25) is 9.88 Å². The number of aryl methyl sites for hydroxylation is 1. The molecule has 1 amide bonds. The molecule has 4 aromatic rings. The van der Waals surface area contributed by atoms with Gasteiger partial charge in [0, 0.05) is 54.1 Å². The molecule has 0 aliphatic carbocycles. The fraction of sp³-hybridized carbons (Fsp3) is 0.367. The van der Waals surface area contributed by atoms with Gasteiger partial charge in [0.05, 0.1) is 29.4 Å². The molecule has 6 rings (SSSR count). The summed E-state index contributed by atoms with van der Waals surface area (Å²) in [7, 11) is 0. The Kier molecular flexibility index (Phi) is 5.98. The second-order valence-corrected chi connectivity index (χ2v) is 11.4. The van der Waals surface area contributed by atoms with Crippen LogP contribution in [-0.4, -0.2) is 61.3 Å². The van der Waals surface area contributed by atoms with E-state index >= 15 is 0 Å². The maximum absolute atomic E-state index is 12.8. The number of aromatic nitrogens is 4. The van der Waals surface area contributed by atoms with Gasteiger partial charge in [-0.1, -0.05) is 0 Å². The molecule has 0 aromatic carbocycles. The lowest BCUT2D eigenvalue weighted by atomic mass is 10.00. The van der Waals surface area contributed by atoms with E-state index in [9.17, 15) is 10.1 Å². The summed E-state index contributed by atoms with van der Waals surface area (Å²) in [6, 6.07) is 12.7. The highest BCUT2D eigenvalue weighted by atomic mass is 16.6. The summed E-state index contributed by atoms with van der Waals surface area (Å²) in [5.41, 5.74) is 5.50. The van der Waals surface area contributed by atoms with Crippen molar-refractivity contribution >= 4 is 17.4 Å². The Morgan fingerprint density at radius 2 is 1.79 bits per heavy atom. The second-order valence-electron chi connectivity index (χ2n) is 11.4. The van der Waals surface area contributed by atoms with Gasteiger partial charge in [0.25, 0.3) is 0 Å². The summed E-state index contributed by atoms with van der Waals surface area (Å²) in [5.74, 6) is 0.880. The lowest BCUT2D eigenvalue weighted by molar-refractivity contribution is 0.0122. The molecule has 9 nitrogen and oxygen atoms in total. The number of hydrogen-bond acceptors (Lipinski definition) is 7. The summed E-state index contributed by atoms with van der Waals surface area (Å²) in [6.07, 6.45) is 8.91. The van der Waals surface area contributed by atoms with Crippen LogP contribution in [-0.2, 0) is 4.74 Å². The van der Waals surface area contributed by atoms with Gasteiger partial charge in [0.1, 0.15) is 17.5 Å². The second kappa shape index (κ2) is 9.38. The van der Waals surface area contributed by atoms with Crippen LogP contribution in [0.1, 0.15) is 44.9 Å². The molecular formula is C30H31N7O2. The normalized spacial score (nSPS) is 18.8. The van der Waals surface area contributed by atoms with Crippen molar-refractivity contribution in [3.05, 3.63) is 66.4 Å². The van der Waals surface area contributed by atoms with Crippen molar-refractivity contribution in [3.63, 3.8) is 0 Å². The molecule has 2 aliphatic heterocycles. The minimum absolute atomic E-state index is 0.116. The highest BCUT2D eigenvalue weighted by Crippen LogP contribution is 2.35. The largest absolute Gasteiger partial charge is 0.444 e. The number of nitrogens with zero attached hydrogens (tertiary/aromatic N) is 7. The molecule has 2 unspecified atom stereocenters. The van der Waals surface area contributed by atoms with E-state index in [0.29, 0.717) is 5.56 Å². The Hall–Kier alpha value is -4.45. The molecule has 2 fully saturated rings. The maximum atomic E-state index is 12.8. The fourth-order valence-electron chi connectivity index (χ4n) is 5.74. The zero-order chi connectivity index (χ0) is 27.3. The van der Waals surface area contributed by atoms with E-state index in [0.717, 1.165) is 65.2 Å². The van der Waals surface area contributed by atoms with Crippen LogP contribution in [0.2, 0.25) is 0 Å². The summed E-state index contributed by atoms with van der Waals surface area (Å²) in [6.45, 7) is 9.13. The van der Waals surface area contributed by atoms with Crippen molar-refractivity contribution < 1.29 is 9.53 Å². The number of hydrogen-bond donors (Lipinski definition) is 0. The summed E-state index contributed by atoms with van der Waals surface area (Å²) < 4.78 is 7.44. The number of pyridine rings is 3. The van der Waals surface area contributed by atoms with Crippen LogP contribution < -0.4 is 4.90 Å². The van der Waals surface area contributed by atoms with Gasteiger partial charge in [0.2, 0.25) is 0 Å². The molecule has 0 saturated carbocycles. The van der Waals surface area contributed by atoms with Crippen LogP contribution in [0.4, 0.5) is 10.6 Å². The fourth-order valence-corrected chi connectivity index (χ4v) is 5.74. The van der Waals surface area contributed by atoms with E-state index in [1.54, 1.807) is 16.9 Å². The van der Waals surface area contributed by atoms with Gasteiger partial charge in [-0.25, -0.2) is 14.3 Å². The predicted octanol–water partition coefficient (Wildman–Crippen LogP) is 5.23. The highest BCUT2D eigenvalue weighted by Gasteiger charge is 2.44. The molecule has 9 heteroatoms. The van der Waals surface area contributed by atoms with Crippen molar-refractivity contribution in [2.24, 2.45) is 0 Å². The van der Waals surface area contributed by atoms with Gasteiger partial charge in [0.15, 0.2) is 0 Å². The van der Waals surface area contributed by atoms with Crippen LogP contribution in [0.25, 0.3) is 27.8 Å². The molecule has 2 saturated heterocycles. The van der Waals surface area contributed by atoms with Gasteiger partial charge < -0.3 is 9.64 Å². The van der Waals surface area contributed by atoms with Gasteiger partial charge >= 0.3 is 6.09 Å². The lowest BCUT2D eigenvalue weighted by Crippen LogP contribution is -2.57. The number of ether oxygens (including phenoxy) is 1. The monoisotopic (exact) mass is 521 g/mol. The number of carbonyl (C=O) groups is 1. The lowest BCUT2D eigenvalue weighted by Gasteiger charge is -2.41. The first-order valence-electron chi connectivity index (χ1n) is 13.3. The van der Waals surface area contributed by atoms with E-state index in [2.05, 4.69) is 33.2 Å². The summed E-state index contributed by atoms with van der Waals surface area (Å²) >= 11 is 0. The first kappa shape index (κ1) is 24.9. The van der Waals surface area contributed by atoms with Crippen molar-refractivity contribution in [2.75, 3.05) is 18.0 Å². The molecule has 2 bridgehead atoms. The van der Waals surface area contributed by atoms with Crippen LogP contribution in [0.5, 0.6) is 0 Å². The zero-order valence-corrected chi connectivity index (χ0v) is 22.6. The topological polar surface area (TPSA) is 99.7 Å². The highest BCUT2D eigenvalue weighted by molar-refractivity contribution is 5.87. The third kappa shape index (κ3) is 4.67. The molecule has 0 radical (unpaired) electrons. The van der Waals surface area contributed by atoms with Crippen LogP contribution in [0, 0.1) is 18.3 Å². The minimum Gasteiger partial charge on any atom is -0.444 e. The van der Waals surface area contributed by atoms with E-state index in [1.807, 2.05) is 63.2 Å². The summed E-state index contributed by atoms with van der Waals surface area (Å²) in [4.78, 5) is 26.2.